The first-order valence-corrected chi connectivity index (χ1v) is 8.15. The summed E-state index contributed by atoms with van der Waals surface area (Å²) in [7, 11) is 0. The molecule has 2 rings (SSSR count). The number of aromatic nitrogens is 1. The fraction of sp³-hybridized carbons (Fsp3) is 0.421. The van der Waals surface area contributed by atoms with Crippen LogP contribution in [0.15, 0.2) is 28.8 Å². The molecule has 0 aliphatic heterocycles. The van der Waals surface area contributed by atoms with Crippen molar-refractivity contribution in [3.63, 3.8) is 0 Å². The van der Waals surface area contributed by atoms with E-state index in [1.165, 1.54) is 0 Å². The Bertz CT molecular complexity index is 750. The van der Waals surface area contributed by atoms with Crippen LogP contribution in [0.25, 0.3) is 0 Å². The first kappa shape index (κ1) is 18.7. The SMILES string of the molecule is Cc1noc(C)c1C(=O)NC(CC(=O)O)c1ccc(C(C)(C)C)cc1. The molecule has 1 heterocycles. The number of hydrogen-bond acceptors (Lipinski definition) is 4. The van der Waals surface area contributed by atoms with Crippen LogP contribution in [-0.2, 0) is 10.2 Å². The number of benzene rings is 1. The molecule has 0 saturated carbocycles. The Labute approximate surface area is 147 Å². The van der Waals surface area contributed by atoms with Crippen molar-refractivity contribution in [1.29, 1.82) is 0 Å². The highest BCUT2D eigenvalue weighted by atomic mass is 16.5. The van der Waals surface area contributed by atoms with Crippen molar-refractivity contribution in [2.24, 2.45) is 0 Å². The average Bonchev–Trinajstić information content (AvgIpc) is 2.84. The molecule has 0 saturated heterocycles. The second kappa shape index (κ2) is 7.09. The van der Waals surface area contributed by atoms with Gasteiger partial charge in [0.05, 0.1) is 18.2 Å². The van der Waals surface area contributed by atoms with E-state index in [0.717, 1.165) is 11.1 Å². The summed E-state index contributed by atoms with van der Waals surface area (Å²) in [4.78, 5) is 23.8. The maximum absolute atomic E-state index is 12.5. The van der Waals surface area contributed by atoms with Gasteiger partial charge in [0.2, 0.25) is 0 Å². The normalized spacial score (nSPS) is 12.7. The summed E-state index contributed by atoms with van der Waals surface area (Å²) in [6.07, 6.45) is -0.204. The Kier molecular flexibility index (Phi) is 5.30. The molecule has 0 spiro atoms. The van der Waals surface area contributed by atoms with Crippen LogP contribution in [0.1, 0.15) is 66.2 Å². The highest BCUT2D eigenvalue weighted by molar-refractivity contribution is 5.96. The molecule has 0 radical (unpaired) electrons. The molecule has 1 aromatic carbocycles. The maximum atomic E-state index is 12.5. The molecular weight excluding hydrogens is 320 g/mol. The fourth-order valence-electron chi connectivity index (χ4n) is 2.68. The number of carboxylic acids is 1. The molecule has 1 aromatic heterocycles. The predicted octanol–water partition coefficient (Wildman–Crippen LogP) is 3.53. The largest absolute Gasteiger partial charge is 0.481 e. The number of rotatable bonds is 5. The molecule has 1 atom stereocenters. The van der Waals surface area contributed by atoms with Crippen molar-refractivity contribution < 1.29 is 19.2 Å². The third-order valence-corrected chi connectivity index (χ3v) is 4.12. The smallest absolute Gasteiger partial charge is 0.305 e. The van der Waals surface area contributed by atoms with Crippen molar-refractivity contribution in [1.82, 2.24) is 10.5 Å². The van der Waals surface area contributed by atoms with Gasteiger partial charge in [-0.2, -0.15) is 0 Å². The van der Waals surface area contributed by atoms with Gasteiger partial charge in [-0.25, -0.2) is 0 Å². The van der Waals surface area contributed by atoms with E-state index in [1.807, 2.05) is 24.3 Å². The lowest BCUT2D eigenvalue weighted by atomic mass is 9.86. The van der Waals surface area contributed by atoms with Crippen LogP contribution in [0.2, 0.25) is 0 Å². The predicted molar refractivity (Wildman–Crippen MR) is 93.6 cm³/mol. The van der Waals surface area contributed by atoms with Crippen molar-refractivity contribution in [2.45, 2.75) is 52.5 Å². The van der Waals surface area contributed by atoms with Crippen molar-refractivity contribution in [3.8, 4) is 0 Å². The average molecular weight is 344 g/mol. The van der Waals surface area contributed by atoms with Crippen LogP contribution in [0, 0.1) is 13.8 Å². The van der Waals surface area contributed by atoms with Gasteiger partial charge in [0.1, 0.15) is 11.3 Å². The number of nitrogens with one attached hydrogen (secondary N) is 1. The number of carbonyl (C=O) groups is 2. The molecule has 6 heteroatoms. The van der Waals surface area contributed by atoms with E-state index < -0.39 is 12.0 Å². The van der Waals surface area contributed by atoms with Crippen molar-refractivity contribution in [3.05, 3.63) is 52.4 Å². The standard InChI is InChI=1S/C19H24N2O4/c1-11-17(12(2)25-21-11)18(24)20-15(10-16(22)23)13-6-8-14(9-7-13)19(3,4)5/h6-9,15H,10H2,1-5H3,(H,20,24)(H,22,23). The second-order valence-electron chi connectivity index (χ2n) is 7.20. The zero-order valence-electron chi connectivity index (χ0n) is 15.2. The number of aliphatic carboxylic acids is 1. The van der Waals surface area contributed by atoms with Gasteiger partial charge in [0, 0.05) is 0 Å². The van der Waals surface area contributed by atoms with E-state index in [-0.39, 0.29) is 17.7 Å². The zero-order valence-corrected chi connectivity index (χ0v) is 15.2. The Morgan fingerprint density at radius 3 is 2.24 bits per heavy atom. The van der Waals surface area contributed by atoms with E-state index in [4.69, 9.17) is 4.52 Å². The van der Waals surface area contributed by atoms with E-state index in [2.05, 4.69) is 31.2 Å². The summed E-state index contributed by atoms with van der Waals surface area (Å²) in [5.41, 5.74) is 2.72. The fourth-order valence-corrected chi connectivity index (χ4v) is 2.68. The van der Waals surface area contributed by atoms with E-state index >= 15 is 0 Å². The molecule has 6 nitrogen and oxygen atoms in total. The van der Waals surface area contributed by atoms with Crippen LogP contribution >= 0.6 is 0 Å². The van der Waals surface area contributed by atoms with Gasteiger partial charge in [-0.1, -0.05) is 50.2 Å². The van der Waals surface area contributed by atoms with Gasteiger partial charge in [0.25, 0.3) is 5.91 Å². The molecule has 0 fully saturated rings. The summed E-state index contributed by atoms with van der Waals surface area (Å²) in [5.74, 6) is -0.960. The first-order chi connectivity index (χ1) is 11.6. The lowest BCUT2D eigenvalue weighted by molar-refractivity contribution is -0.137. The van der Waals surface area contributed by atoms with Gasteiger partial charge in [-0.3, -0.25) is 9.59 Å². The minimum absolute atomic E-state index is 0.000753. The Balaban J connectivity index is 2.27. The molecule has 134 valence electrons. The quantitative estimate of drug-likeness (QED) is 0.865. The third kappa shape index (κ3) is 4.47. The number of aryl methyl sites for hydroxylation is 2. The van der Waals surface area contributed by atoms with Crippen LogP contribution in [-0.4, -0.2) is 22.1 Å². The molecular formula is C19H24N2O4. The summed E-state index contributed by atoms with van der Waals surface area (Å²) in [5, 5.41) is 15.8. The Morgan fingerprint density at radius 2 is 1.80 bits per heavy atom. The summed E-state index contributed by atoms with van der Waals surface area (Å²) < 4.78 is 5.01. The minimum atomic E-state index is -0.982. The summed E-state index contributed by atoms with van der Waals surface area (Å²) >= 11 is 0. The number of carbonyl (C=O) groups excluding carboxylic acids is 1. The Hall–Kier alpha value is -2.63. The highest BCUT2D eigenvalue weighted by Gasteiger charge is 2.24. The summed E-state index contributed by atoms with van der Waals surface area (Å²) in [6.45, 7) is 9.65. The molecule has 0 bridgehead atoms. The molecule has 0 aliphatic rings. The first-order valence-electron chi connectivity index (χ1n) is 8.15. The second-order valence-corrected chi connectivity index (χ2v) is 7.20. The third-order valence-electron chi connectivity index (χ3n) is 4.12. The van der Waals surface area contributed by atoms with Gasteiger partial charge < -0.3 is 14.9 Å². The van der Waals surface area contributed by atoms with E-state index in [9.17, 15) is 14.7 Å². The molecule has 25 heavy (non-hydrogen) atoms. The lowest BCUT2D eigenvalue weighted by Gasteiger charge is -2.21. The van der Waals surface area contributed by atoms with Crippen molar-refractivity contribution >= 4 is 11.9 Å². The number of amides is 1. The number of hydrogen-bond donors (Lipinski definition) is 2. The number of nitrogens with zero attached hydrogens (tertiary/aromatic N) is 1. The molecule has 0 aliphatic carbocycles. The van der Waals surface area contributed by atoms with Gasteiger partial charge >= 0.3 is 5.97 Å². The zero-order chi connectivity index (χ0) is 18.8. The van der Waals surface area contributed by atoms with Crippen LogP contribution in [0.4, 0.5) is 0 Å². The van der Waals surface area contributed by atoms with Crippen LogP contribution < -0.4 is 5.32 Å². The van der Waals surface area contributed by atoms with E-state index in [1.54, 1.807) is 13.8 Å². The number of carboxylic acid groups (broad SMARTS) is 1. The topological polar surface area (TPSA) is 92.4 Å². The van der Waals surface area contributed by atoms with Gasteiger partial charge in [0.15, 0.2) is 0 Å². The van der Waals surface area contributed by atoms with E-state index in [0.29, 0.717) is 17.0 Å². The molecule has 1 unspecified atom stereocenters. The molecule has 2 aromatic rings. The van der Waals surface area contributed by atoms with Gasteiger partial charge in [-0.05, 0) is 30.4 Å². The molecule has 2 N–H and O–H groups in total. The van der Waals surface area contributed by atoms with Crippen molar-refractivity contribution in [2.75, 3.05) is 0 Å². The maximum Gasteiger partial charge on any atom is 0.305 e. The van der Waals surface area contributed by atoms with Crippen LogP contribution in [0.3, 0.4) is 0 Å². The monoisotopic (exact) mass is 344 g/mol. The summed E-state index contributed by atoms with van der Waals surface area (Å²) in [6, 6.07) is 7.02. The highest BCUT2D eigenvalue weighted by Crippen LogP contribution is 2.25. The Morgan fingerprint density at radius 1 is 1.20 bits per heavy atom. The minimum Gasteiger partial charge on any atom is -0.481 e. The molecule has 1 amide bonds. The van der Waals surface area contributed by atoms with Crippen LogP contribution in [0.5, 0.6) is 0 Å². The van der Waals surface area contributed by atoms with Gasteiger partial charge in [-0.15, -0.1) is 0 Å². The lowest BCUT2D eigenvalue weighted by Crippen LogP contribution is -2.31.